The Kier molecular flexibility index (Phi) is 3.94. The molecule has 0 radical (unpaired) electrons. The van der Waals surface area contributed by atoms with E-state index in [1.165, 1.54) is 0 Å². The van der Waals surface area contributed by atoms with Crippen LogP contribution < -0.4 is 10.1 Å². The number of aromatic nitrogens is 1. The normalized spacial score (nSPS) is 12.7. The van der Waals surface area contributed by atoms with Crippen molar-refractivity contribution in [1.82, 2.24) is 4.98 Å². The molecule has 0 saturated carbocycles. The van der Waals surface area contributed by atoms with Gasteiger partial charge in [0, 0.05) is 35.3 Å². The van der Waals surface area contributed by atoms with Crippen LogP contribution in [0, 0.1) is 5.41 Å². The minimum atomic E-state index is -0.458. The summed E-state index contributed by atoms with van der Waals surface area (Å²) in [6.07, 6.45) is 3.12. The average Bonchev–Trinajstić information content (AvgIpc) is 2.52. The van der Waals surface area contributed by atoms with Gasteiger partial charge in [-0.2, -0.15) is 0 Å². The Labute approximate surface area is 135 Å². The van der Waals surface area contributed by atoms with Crippen molar-refractivity contribution in [3.63, 3.8) is 0 Å². The van der Waals surface area contributed by atoms with E-state index < -0.39 is 6.09 Å². The Bertz CT molecular complexity index is 735. The van der Waals surface area contributed by atoms with Gasteiger partial charge in [-0.05, 0) is 29.2 Å². The Morgan fingerprint density at radius 1 is 1.30 bits per heavy atom. The Hall–Kier alpha value is -2.56. The minimum Gasteiger partial charge on any atom is -0.488 e. The van der Waals surface area contributed by atoms with Gasteiger partial charge in [-0.15, -0.1) is 0 Å². The van der Waals surface area contributed by atoms with Crippen LogP contribution in [0.5, 0.6) is 5.75 Å². The second kappa shape index (κ2) is 5.91. The van der Waals surface area contributed by atoms with Crippen molar-refractivity contribution in [1.29, 1.82) is 0 Å². The van der Waals surface area contributed by atoms with E-state index in [2.05, 4.69) is 10.3 Å². The van der Waals surface area contributed by atoms with Gasteiger partial charge in [0.05, 0.1) is 6.61 Å². The van der Waals surface area contributed by atoms with Crippen LogP contribution in [0.3, 0.4) is 0 Å². The van der Waals surface area contributed by atoms with Crippen molar-refractivity contribution in [2.75, 3.05) is 11.9 Å². The molecule has 0 unspecified atom stereocenters. The summed E-state index contributed by atoms with van der Waals surface area (Å²) in [7, 11) is 0. The van der Waals surface area contributed by atoms with Gasteiger partial charge in [0.2, 0.25) is 0 Å². The highest BCUT2D eigenvalue weighted by Gasteiger charge is 2.18. The molecule has 0 bridgehead atoms. The summed E-state index contributed by atoms with van der Waals surface area (Å²) in [6, 6.07) is 7.57. The molecule has 3 rings (SSSR count). The molecule has 2 aromatic rings. The van der Waals surface area contributed by atoms with Crippen molar-refractivity contribution < 1.29 is 14.3 Å². The van der Waals surface area contributed by atoms with Crippen LogP contribution in [0.2, 0.25) is 0 Å². The lowest BCUT2D eigenvalue weighted by Gasteiger charge is -2.21. The van der Waals surface area contributed by atoms with E-state index in [4.69, 9.17) is 9.47 Å². The second-order valence-electron chi connectivity index (χ2n) is 6.79. The lowest BCUT2D eigenvalue weighted by Crippen LogP contribution is -2.21. The monoisotopic (exact) mass is 312 g/mol. The summed E-state index contributed by atoms with van der Waals surface area (Å²) in [6.45, 7) is 6.88. The number of ether oxygens (including phenoxy) is 2. The lowest BCUT2D eigenvalue weighted by molar-refractivity contribution is 0.118. The van der Waals surface area contributed by atoms with Crippen molar-refractivity contribution in [2.24, 2.45) is 5.41 Å². The van der Waals surface area contributed by atoms with Gasteiger partial charge in [0.15, 0.2) is 0 Å². The summed E-state index contributed by atoms with van der Waals surface area (Å²) in [5.74, 6) is 0.748. The molecule has 5 nitrogen and oxygen atoms in total. The first-order valence-electron chi connectivity index (χ1n) is 7.56. The number of pyridine rings is 1. The molecule has 5 heteroatoms. The Morgan fingerprint density at radius 3 is 2.91 bits per heavy atom. The molecule has 0 saturated heterocycles. The number of carbonyl (C=O) groups excluding carboxylic acids is 1. The molecule has 120 valence electrons. The molecular weight excluding hydrogens is 292 g/mol. The minimum absolute atomic E-state index is 0.0615. The third-order valence-electron chi connectivity index (χ3n) is 3.44. The highest BCUT2D eigenvalue weighted by atomic mass is 16.5. The lowest BCUT2D eigenvalue weighted by atomic mass is 9.98. The first-order valence-corrected chi connectivity index (χ1v) is 7.56. The van der Waals surface area contributed by atoms with Crippen molar-refractivity contribution in [3.05, 3.63) is 42.2 Å². The molecule has 0 fully saturated rings. The third kappa shape index (κ3) is 3.62. The van der Waals surface area contributed by atoms with Crippen LogP contribution in [0.1, 0.15) is 26.3 Å². The first kappa shape index (κ1) is 15.3. The van der Waals surface area contributed by atoms with Crippen LogP contribution in [0.25, 0.3) is 11.1 Å². The molecule has 1 aromatic heterocycles. The molecule has 2 heterocycles. The van der Waals surface area contributed by atoms with E-state index in [0.717, 1.165) is 22.4 Å². The van der Waals surface area contributed by atoms with E-state index in [1.807, 2.05) is 51.2 Å². The smallest absolute Gasteiger partial charge is 0.411 e. The molecule has 1 aromatic carbocycles. The maximum absolute atomic E-state index is 11.8. The van der Waals surface area contributed by atoms with Gasteiger partial charge in [0.25, 0.3) is 0 Å². The fourth-order valence-corrected chi connectivity index (χ4v) is 2.34. The number of carbonyl (C=O) groups is 1. The van der Waals surface area contributed by atoms with Gasteiger partial charge in [-0.3, -0.25) is 10.3 Å². The van der Waals surface area contributed by atoms with Gasteiger partial charge in [-0.25, -0.2) is 4.79 Å². The average molecular weight is 312 g/mol. The number of amides is 1. The van der Waals surface area contributed by atoms with Gasteiger partial charge >= 0.3 is 6.09 Å². The van der Waals surface area contributed by atoms with Crippen LogP contribution >= 0.6 is 0 Å². The highest BCUT2D eigenvalue weighted by Crippen LogP contribution is 2.38. The molecule has 1 aliphatic heterocycles. The molecule has 1 aliphatic rings. The summed E-state index contributed by atoms with van der Waals surface area (Å²) in [4.78, 5) is 16.0. The second-order valence-corrected chi connectivity index (χ2v) is 6.79. The predicted molar refractivity (Wildman–Crippen MR) is 88.4 cm³/mol. The molecule has 0 atom stereocenters. The van der Waals surface area contributed by atoms with Crippen LogP contribution in [-0.4, -0.2) is 17.7 Å². The summed E-state index contributed by atoms with van der Waals surface area (Å²) in [5, 5.41) is 2.74. The quantitative estimate of drug-likeness (QED) is 0.901. The fraction of sp³-hybridized carbons (Fsp3) is 0.333. The maximum atomic E-state index is 11.8. The molecule has 0 aliphatic carbocycles. The Morgan fingerprint density at radius 2 is 2.13 bits per heavy atom. The van der Waals surface area contributed by atoms with E-state index in [-0.39, 0.29) is 5.41 Å². The molecule has 1 amide bonds. The van der Waals surface area contributed by atoms with Gasteiger partial charge in [0.1, 0.15) is 12.4 Å². The maximum Gasteiger partial charge on any atom is 0.411 e. The fourth-order valence-electron chi connectivity index (χ4n) is 2.34. The largest absolute Gasteiger partial charge is 0.488 e. The number of hydrogen-bond acceptors (Lipinski definition) is 4. The number of rotatable bonds is 2. The summed E-state index contributed by atoms with van der Waals surface area (Å²) >= 11 is 0. The number of fused-ring (bicyclic) bond motifs is 3. The van der Waals surface area contributed by atoms with E-state index in [1.54, 1.807) is 6.20 Å². The number of nitrogens with one attached hydrogen (secondary N) is 1. The number of benzene rings is 1. The third-order valence-corrected chi connectivity index (χ3v) is 3.44. The molecule has 23 heavy (non-hydrogen) atoms. The molecular formula is C18H20N2O3. The first-order chi connectivity index (χ1) is 10.9. The summed E-state index contributed by atoms with van der Waals surface area (Å²) < 4.78 is 11.0. The van der Waals surface area contributed by atoms with E-state index in [9.17, 15) is 4.79 Å². The molecule has 0 spiro atoms. The highest BCUT2D eigenvalue weighted by molar-refractivity contribution is 5.86. The standard InChI is InChI=1S/C18H20N2O3/c1-18(2,3)11-23-17(21)20-13-4-5-15-14-6-7-19-9-12(14)10-22-16(15)8-13/h4-9H,10-11H2,1-3H3,(H,20,21). The van der Waals surface area contributed by atoms with E-state index >= 15 is 0 Å². The molecule has 1 N–H and O–H groups in total. The van der Waals surface area contributed by atoms with Gasteiger partial charge < -0.3 is 9.47 Å². The number of hydrogen-bond donors (Lipinski definition) is 1. The predicted octanol–water partition coefficient (Wildman–Crippen LogP) is 4.24. The van der Waals surface area contributed by atoms with Crippen molar-refractivity contribution in [3.8, 4) is 16.9 Å². The van der Waals surface area contributed by atoms with Gasteiger partial charge in [-0.1, -0.05) is 20.8 Å². The SMILES string of the molecule is CC(C)(C)COC(=O)Nc1ccc2c(c1)OCc1cnccc1-2. The Balaban J connectivity index is 1.74. The number of nitrogens with zero attached hydrogens (tertiary/aromatic N) is 1. The number of anilines is 1. The zero-order valence-electron chi connectivity index (χ0n) is 13.6. The zero-order valence-corrected chi connectivity index (χ0v) is 13.6. The zero-order chi connectivity index (χ0) is 16.4. The van der Waals surface area contributed by atoms with Crippen molar-refractivity contribution >= 4 is 11.8 Å². The topological polar surface area (TPSA) is 60.5 Å². The summed E-state index contributed by atoms with van der Waals surface area (Å²) in [5.41, 5.74) is 3.77. The van der Waals surface area contributed by atoms with Crippen molar-refractivity contribution in [2.45, 2.75) is 27.4 Å². The van der Waals surface area contributed by atoms with E-state index in [0.29, 0.717) is 18.9 Å². The van der Waals surface area contributed by atoms with Crippen LogP contribution in [0.15, 0.2) is 36.7 Å². The van der Waals surface area contributed by atoms with Crippen LogP contribution in [-0.2, 0) is 11.3 Å². The van der Waals surface area contributed by atoms with Crippen LogP contribution in [0.4, 0.5) is 10.5 Å².